The Hall–Kier alpha value is -1.20. The van der Waals surface area contributed by atoms with Gasteiger partial charge in [-0.3, -0.25) is 4.68 Å². The summed E-state index contributed by atoms with van der Waals surface area (Å²) in [6.07, 6.45) is 0.901. The standard InChI is InChI=1S/C15H18BrClN2O2/c1-4-11-7-12(19(2)18-11)9-21-15-13(17)5-10(8-16)6-14(15)20-3/h5-7H,4,8-9H2,1-3H3. The van der Waals surface area contributed by atoms with Crippen LogP contribution in [0.25, 0.3) is 0 Å². The predicted molar refractivity (Wildman–Crippen MR) is 87.6 cm³/mol. The molecule has 0 fully saturated rings. The normalized spacial score (nSPS) is 10.7. The molecular formula is C15H18BrClN2O2. The number of benzene rings is 1. The van der Waals surface area contributed by atoms with Crippen LogP contribution in [-0.2, 0) is 25.4 Å². The van der Waals surface area contributed by atoms with Crippen molar-refractivity contribution in [3.8, 4) is 11.5 Å². The number of nitrogens with zero attached hydrogens (tertiary/aromatic N) is 2. The summed E-state index contributed by atoms with van der Waals surface area (Å²) >= 11 is 9.69. The van der Waals surface area contributed by atoms with E-state index in [0.717, 1.165) is 23.4 Å². The zero-order valence-electron chi connectivity index (χ0n) is 12.3. The second kappa shape index (κ2) is 7.18. The number of rotatable bonds is 6. The molecule has 0 aliphatic carbocycles. The first-order chi connectivity index (χ1) is 10.1. The highest BCUT2D eigenvalue weighted by atomic mass is 79.9. The van der Waals surface area contributed by atoms with E-state index in [1.807, 2.05) is 29.9 Å². The van der Waals surface area contributed by atoms with Crippen LogP contribution in [0.3, 0.4) is 0 Å². The van der Waals surface area contributed by atoms with Gasteiger partial charge in [0.15, 0.2) is 11.5 Å². The molecule has 114 valence electrons. The van der Waals surface area contributed by atoms with E-state index < -0.39 is 0 Å². The van der Waals surface area contributed by atoms with Gasteiger partial charge in [-0.05, 0) is 30.2 Å². The van der Waals surface area contributed by atoms with Crippen LogP contribution in [0.2, 0.25) is 5.02 Å². The number of alkyl halides is 1. The van der Waals surface area contributed by atoms with Crippen LogP contribution in [0.4, 0.5) is 0 Å². The molecule has 0 bridgehead atoms. The Balaban J connectivity index is 2.21. The van der Waals surface area contributed by atoms with Crippen LogP contribution >= 0.6 is 27.5 Å². The number of hydrogen-bond acceptors (Lipinski definition) is 3. The van der Waals surface area contributed by atoms with Gasteiger partial charge in [0, 0.05) is 12.4 Å². The molecule has 6 heteroatoms. The molecule has 1 aromatic heterocycles. The maximum atomic E-state index is 6.28. The first-order valence-corrected chi connectivity index (χ1v) is 8.16. The molecular weight excluding hydrogens is 356 g/mol. The lowest BCUT2D eigenvalue weighted by Crippen LogP contribution is -2.04. The first kappa shape index (κ1) is 16.2. The Morgan fingerprint density at radius 1 is 1.33 bits per heavy atom. The van der Waals surface area contributed by atoms with E-state index in [9.17, 15) is 0 Å². The summed E-state index contributed by atoms with van der Waals surface area (Å²) in [6.45, 7) is 2.47. The molecule has 0 saturated carbocycles. The lowest BCUT2D eigenvalue weighted by Gasteiger charge is -2.13. The van der Waals surface area contributed by atoms with Gasteiger partial charge in [-0.25, -0.2) is 0 Å². The van der Waals surface area contributed by atoms with E-state index in [2.05, 4.69) is 28.0 Å². The Bertz CT molecular complexity index is 628. The molecule has 0 N–H and O–H groups in total. The van der Waals surface area contributed by atoms with Gasteiger partial charge in [-0.1, -0.05) is 34.5 Å². The van der Waals surface area contributed by atoms with Crippen LogP contribution in [0.5, 0.6) is 11.5 Å². The minimum absolute atomic E-state index is 0.396. The highest BCUT2D eigenvalue weighted by Gasteiger charge is 2.13. The minimum atomic E-state index is 0.396. The van der Waals surface area contributed by atoms with Gasteiger partial charge in [0.1, 0.15) is 6.61 Å². The fourth-order valence-corrected chi connectivity index (χ4v) is 2.63. The maximum absolute atomic E-state index is 6.28. The second-order valence-corrected chi connectivity index (χ2v) is 5.60. The fourth-order valence-electron chi connectivity index (χ4n) is 2.02. The van der Waals surface area contributed by atoms with Gasteiger partial charge < -0.3 is 9.47 Å². The van der Waals surface area contributed by atoms with Gasteiger partial charge >= 0.3 is 0 Å². The zero-order chi connectivity index (χ0) is 15.4. The van der Waals surface area contributed by atoms with Gasteiger partial charge in [0.2, 0.25) is 0 Å². The highest BCUT2D eigenvalue weighted by Crippen LogP contribution is 2.37. The van der Waals surface area contributed by atoms with Gasteiger partial charge in [0.25, 0.3) is 0 Å². The van der Waals surface area contributed by atoms with Gasteiger partial charge in [-0.2, -0.15) is 5.10 Å². The minimum Gasteiger partial charge on any atom is -0.493 e. The van der Waals surface area contributed by atoms with E-state index in [4.69, 9.17) is 21.1 Å². The summed E-state index contributed by atoms with van der Waals surface area (Å²) in [5, 5.41) is 5.66. The molecule has 0 aliphatic rings. The molecule has 0 spiro atoms. The third-order valence-electron chi connectivity index (χ3n) is 3.20. The van der Waals surface area contributed by atoms with Crippen molar-refractivity contribution in [1.29, 1.82) is 0 Å². The summed E-state index contributed by atoms with van der Waals surface area (Å²) < 4.78 is 13.0. The first-order valence-electron chi connectivity index (χ1n) is 6.66. The summed E-state index contributed by atoms with van der Waals surface area (Å²) in [4.78, 5) is 0. The number of aryl methyl sites for hydroxylation is 2. The molecule has 0 saturated heterocycles. The van der Waals surface area contributed by atoms with Gasteiger partial charge in [-0.15, -0.1) is 0 Å². The quantitative estimate of drug-likeness (QED) is 0.715. The van der Waals surface area contributed by atoms with Crippen molar-refractivity contribution >= 4 is 27.5 Å². The van der Waals surface area contributed by atoms with Crippen LogP contribution < -0.4 is 9.47 Å². The number of halogens is 2. The lowest BCUT2D eigenvalue weighted by molar-refractivity contribution is 0.276. The number of ether oxygens (including phenoxy) is 2. The third kappa shape index (κ3) is 3.71. The maximum Gasteiger partial charge on any atom is 0.180 e. The smallest absolute Gasteiger partial charge is 0.180 e. The van der Waals surface area contributed by atoms with E-state index in [1.54, 1.807) is 7.11 Å². The average Bonchev–Trinajstić information content (AvgIpc) is 2.85. The van der Waals surface area contributed by atoms with Crippen molar-refractivity contribution in [3.63, 3.8) is 0 Å². The topological polar surface area (TPSA) is 36.3 Å². The Kier molecular flexibility index (Phi) is 5.53. The van der Waals surface area contributed by atoms with Gasteiger partial charge in [0.05, 0.1) is 23.5 Å². The number of methoxy groups -OCH3 is 1. The molecule has 4 nitrogen and oxygen atoms in total. The highest BCUT2D eigenvalue weighted by molar-refractivity contribution is 9.08. The molecule has 0 amide bonds. The van der Waals surface area contributed by atoms with Crippen LogP contribution in [-0.4, -0.2) is 16.9 Å². The van der Waals surface area contributed by atoms with E-state index in [0.29, 0.717) is 28.5 Å². The molecule has 1 aromatic carbocycles. The summed E-state index contributed by atoms with van der Waals surface area (Å²) in [5.41, 5.74) is 3.08. The molecule has 0 radical (unpaired) electrons. The molecule has 2 rings (SSSR count). The SMILES string of the molecule is CCc1cc(COc2c(Cl)cc(CBr)cc2OC)n(C)n1. The Morgan fingerprint density at radius 2 is 2.10 bits per heavy atom. The summed E-state index contributed by atoms with van der Waals surface area (Å²) in [7, 11) is 3.51. The molecule has 0 aliphatic heterocycles. The molecule has 0 unspecified atom stereocenters. The zero-order valence-corrected chi connectivity index (χ0v) is 14.7. The average molecular weight is 374 g/mol. The van der Waals surface area contributed by atoms with E-state index in [-0.39, 0.29) is 0 Å². The lowest BCUT2D eigenvalue weighted by atomic mass is 10.2. The summed E-state index contributed by atoms with van der Waals surface area (Å²) in [6, 6.07) is 5.82. The van der Waals surface area contributed by atoms with Crippen LogP contribution in [0.1, 0.15) is 23.9 Å². The van der Waals surface area contributed by atoms with Crippen LogP contribution in [0, 0.1) is 0 Å². The Labute approximate surface area is 138 Å². The van der Waals surface area contributed by atoms with Crippen molar-refractivity contribution in [2.75, 3.05) is 7.11 Å². The van der Waals surface area contributed by atoms with E-state index >= 15 is 0 Å². The second-order valence-electron chi connectivity index (χ2n) is 4.64. The van der Waals surface area contributed by atoms with Crippen LogP contribution in [0.15, 0.2) is 18.2 Å². The monoisotopic (exact) mass is 372 g/mol. The third-order valence-corrected chi connectivity index (χ3v) is 4.13. The summed E-state index contributed by atoms with van der Waals surface area (Å²) in [5.74, 6) is 1.19. The van der Waals surface area contributed by atoms with Crippen molar-refractivity contribution < 1.29 is 9.47 Å². The molecule has 1 heterocycles. The fraction of sp³-hybridized carbons (Fsp3) is 0.400. The Morgan fingerprint density at radius 3 is 2.67 bits per heavy atom. The van der Waals surface area contributed by atoms with Crippen molar-refractivity contribution in [2.24, 2.45) is 7.05 Å². The molecule has 21 heavy (non-hydrogen) atoms. The molecule has 0 atom stereocenters. The molecule has 2 aromatic rings. The van der Waals surface area contributed by atoms with Crippen molar-refractivity contribution in [1.82, 2.24) is 9.78 Å². The predicted octanol–water partition coefficient (Wildman–Crippen LogP) is 4.12. The number of aromatic nitrogens is 2. The number of hydrogen-bond donors (Lipinski definition) is 0. The van der Waals surface area contributed by atoms with Crippen molar-refractivity contribution in [2.45, 2.75) is 25.3 Å². The van der Waals surface area contributed by atoms with Crippen molar-refractivity contribution in [3.05, 3.63) is 40.2 Å². The largest absolute Gasteiger partial charge is 0.493 e. The van der Waals surface area contributed by atoms with E-state index in [1.165, 1.54) is 0 Å².